The van der Waals surface area contributed by atoms with E-state index in [0.29, 0.717) is 0 Å². The Morgan fingerprint density at radius 2 is 0.600 bits per heavy atom. The lowest BCUT2D eigenvalue weighted by Crippen LogP contribution is -1.70. The van der Waals surface area contributed by atoms with Crippen LogP contribution < -0.4 is 0 Å². The van der Waals surface area contributed by atoms with Gasteiger partial charge in [-0.1, -0.05) is 105 Å². The van der Waals surface area contributed by atoms with Crippen molar-refractivity contribution in [1.82, 2.24) is 0 Å². The molecule has 0 spiro atoms. The molecule has 0 saturated heterocycles. The maximum Gasteiger partial charge on any atom is -0.0533 e. The first-order valence-electron chi connectivity index (χ1n) is 3.41. The van der Waals surface area contributed by atoms with E-state index in [1.165, 1.54) is 32.1 Å². The highest BCUT2D eigenvalue weighted by molar-refractivity contribution is 4.35. The van der Waals surface area contributed by atoms with Crippen molar-refractivity contribution < 1.29 is 0 Å². The molecule has 0 nitrogen and oxygen atoms in total. The summed E-state index contributed by atoms with van der Waals surface area (Å²) < 4.78 is 0. The molecule has 0 amide bonds. The number of hydrogen-bond acceptors (Lipinski definition) is 0. The highest BCUT2D eigenvalue weighted by Gasteiger charge is 1.80. The van der Waals surface area contributed by atoms with Crippen LogP contribution in [0.1, 0.15) is 105 Å². The SMILES string of the molecule is C.C.C.C.C.C.C.C.CCCCCCC. The predicted octanol–water partition coefficient (Wildman–Crippen LogP) is 8.07. The Morgan fingerprint density at radius 3 is 0.733 bits per heavy atom. The Labute approximate surface area is 106 Å². The zero-order valence-corrected chi connectivity index (χ0v) is 5.54. The molecule has 0 heterocycles. The summed E-state index contributed by atoms with van der Waals surface area (Å²) in [4.78, 5) is 0. The Morgan fingerprint density at radius 1 is 0.400 bits per heavy atom. The molecule has 0 aliphatic carbocycles. The van der Waals surface area contributed by atoms with Gasteiger partial charge in [-0.05, 0) is 0 Å². The summed E-state index contributed by atoms with van der Waals surface area (Å²) in [6.45, 7) is 4.49. The van der Waals surface area contributed by atoms with Gasteiger partial charge in [0.25, 0.3) is 0 Å². The molecule has 15 heavy (non-hydrogen) atoms. The second-order valence-corrected chi connectivity index (χ2v) is 2.06. The molecule has 108 valence electrons. The molecule has 0 fully saturated rings. The molecule has 0 aliphatic heterocycles. The Bertz CT molecular complexity index is 19.2. The Kier molecular flexibility index (Phi) is 515. The van der Waals surface area contributed by atoms with Gasteiger partial charge in [0.2, 0.25) is 0 Å². The highest BCUT2D eigenvalue weighted by atomic mass is 13.9. The smallest absolute Gasteiger partial charge is 0.0533 e. The summed E-state index contributed by atoms with van der Waals surface area (Å²) >= 11 is 0. The molecule has 0 saturated carbocycles. The van der Waals surface area contributed by atoms with Gasteiger partial charge in [0, 0.05) is 0 Å². The Balaban J connectivity index is -0.00000000643. The van der Waals surface area contributed by atoms with Crippen LogP contribution in [0.3, 0.4) is 0 Å². The highest BCUT2D eigenvalue weighted by Crippen LogP contribution is 2.00. The normalized spacial score (nSPS) is 4.40. The third-order valence-electron chi connectivity index (χ3n) is 1.21. The standard InChI is InChI=1S/C7H16.8CH4/c1-3-5-7-6-4-2;;;;;;;;/h3-7H2,1-2H3;8*1H4. The molecule has 0 atom stereocenters. The fourth-order valence-electron chi connectivity index (χ4n) is 0.677. The van der Waals surface area contributed by atoms with Gasteiger partial charge >= 0.3 is 0 Å². The predicted molar refractivity (Wildman–Crippen MR) is 88.3 cm³/mol. The number of rotatable bonds is 4. The van der Waals surface area contributed by atoms with E-state index in [-0.39, 0.29) is 59.4 Å². The van der Waals surface area contributed by atoms with E-state index in [1.54, 1.807) is 0 Å². The fourth-order valence-corrected chi connectivity index (χ4v) is 0.677. The summed E-state index contributed by atoms with van der Waals surface area (Å²) in [6.07, 6.45) is 7.01. The number of hydrogen-bond donors (Lipinski definition) is 0. The molecule has 0 aliphatic rings. The summed E-state index contributed by atoms with van der Waals surface area (Å²) in [5.74, 6) is 0. The Hall–Kier alpha value is 0. The topological polar surface area (TPSA) is 0 Å². The molecule has 0 aromatic heterocycles. The van der Waals surface area contributed by atoms with Gasteiger partial charge in [0.15, 0.2) is 0 Å². The van der Waals surface area contributed by atoms with Crippen molar-refractivity contribution in [2.24, 2.45) is 0 Å². The van der Waals surface area contributed by atoms with Crippen LogP contribution in [-0.4, -0.2) is 0 Å². The molecule has 0 rings (SSSR count). The van der Waals surface area contributed by atoms with Gasteiger partial charge in [0.1, 0.15) is 0 Å². The zero-order chi connectivity index (χ0) is 5.54. The molecular weight excluding hydrogens is 180 g/mol. The van der Waals surface area contributed by atoms with Crippen LogP contribution >= 0.6 is 0 Å². The van der Waals surface area contributed by atoms with Crippen molar-refractivity contribution in [1.29, 1.82) is 0 Å². The maximum absolute atomic E-state index is 2.25. The minimum atomic E-state index is 0. The first-order chi connectivity index (χ1) is 3.41. The van der Waals surface area contributed by atoms with Crippen molar-refractivity contribution in [3.8, 4) is 0 Å². The van der Waals surface area contributed by atoms with Gasteiger partial charge in [-0.3, -0.25) is 0 Å². The summed E-state index contributed by atoms with van der Waals surface area (Å²) in [5.41, 5.74) is 0. The lowest BCUT2D eigenvalue weighted by Gasteiger charge is -1.90. The van der Waals surface area contributed by atoms with Gasteiger partial charge in [-0.15, -0.1) is 0 Å². The van der Waals surface area contributed by atoms with Crippen LogP contribution in [-0.2, 0) is 0 Å². The lowest BCUT2D eigenvalue weighted by atomic mass is 10.2. The largest absolute Gasteiger partial charge is 0.0776 e. The van der Waals surface area contributed by atoms with Gasteiger partial charge < -0.3 is 0 Å². The molecule has 0 radical (unpaired) electrons. The summed E-state index contributed by atoms with van der Waals surface area (Å²) in [7, 11) is 0. The van der Waals surface area contributed by atoms with Crippen molar-refractivity contribution in [2.75, 3.05) is 0 Å². The zero-order valence-electron chi connectivity index (χ0n) is 5.54. The maximum atomic E-state index is 2.25. The van der Waals surface area contributed by atoms with Crippen LogP contribution in [0.25, 0.3) is 0 Å². The molecule has 0 bridgehead atoms. The van der Waals surface area contributed by atoms with Gasteiger partial charge in [-0.2, -0.15) is 0 Å². The van der Waals surface area contributed by atoms with Crippen LogP contribution in [0.2, 0.25) is 0 Å². The average molecular weight is 229 g/mol. The molecule has 0 unspecified atom stereocenters. The van der Waals surface area contributed by atoms with E-state index < -0.39 is 0 Å². The van der Waals surface area contributed by atoms with E-state index in [4.69, 9.17) is 0 Å². The molecule has 0 aromatic rings. The second kappa shape index (κ2) is 94.6. The van der Waals surface area contributed by atoms with Crippen LogP contribution in [0.4, 0.5) is 0 Å². The van der Waals surface area contributed by atoms with E-state index in [9.17, 15) is 0 Å². The van der Waals surface area contributed by atoms with E-state index in [2.05, 4.69) is 13.8 Å². The monoisotopic (exact) mass is 228 g/mol. The third kappa shape index (κ3) is 126. The van der Waals surface area contributed by atoms with Crippen LogP contribution in [0, 0.1) is 0 Å². The van der Waals surface area contributed by atoms with E-state index in [1.807, 2.05) is 0 Å². The minimum absolute atomic E-state index is 0. The summed E-state index contributed by atoms with van der Waals surface area (Å²) in [6, 6.07) is 0. The van der Waals surface area contributed by atoms with Crippen molar-refractivity contribution in [3.05, 3.63) is 0 Å². The quantitative estimate of drug-likeness (QED) is 0.427. The second-order valence-electron chi connectivity index (χ2n) is 2.06. The summed E-state index contributed by atoms with van der Waals surface area (Å²) in [5, 5.41) is 0. The van der Waals surface area contributed by atoms with Crippen LogP contribution in [0.15, 0.2) is 0 Å². The van der Waals surface area contributed by atoms with Crippen LogP contribution in [0.5, 0.6) is 0 Å². The molecule has 0 heteroatoms. The minimum Gasteiger partial charge on any atom is -0.0776 e. The van der Waals surface area contributed by atoms with E-state index in [0.717, 1.165) is 0 Å². The van der Waals surface area contributed by atoms with Crippen molar-refractivity contribution in [3.63, 3.8) is 0 Å². The lowest BCUT2D eigenvalue weighted by molar-refractivity contribution is 0.656. The number of unbranched alkanes of at least 4 members (excludes halogenated alkanes) is 4. The fraction of sp³-hybridized carbons (Fsp3) is 1.00. The first kappa shape index (κ1) is 81.7. The van der Waals surface area contributed by atoms with E-state index >= 15 is 0 Å². The average Bonchev–Trinajstić information content (AvgIpc) is 1.69. The molecular formula is C15H48. The third-order valence-corrected chi connectivity index (χ3v) is 1.21. The van der Waals surface area contributed by atoms with Gasteiger partial charge in [-0.25, -0.2) is 0 Å². The van der Waals surface area contributed by atoms with Gasteiger partial charge in [0.05, 0.1) is 0 Å². The molecule has 0 N–H and O–H groups in total. The van der Waals surface area contributed by atoms with Crippen molar-refractivity contribution in [2.45, 2.75) is 105 Å². The van der Waals surface area contributed by atoms with Crippen molar-refractivity contribution >= 4 is 0 Å². The first-order valence-corrected chi connectivity index (χ1v) is 3.41. The molecule has 0 aromatic carbocycles.